The number of imide groups is 1. The largest absolute Gasteiger partial charge is 0.465 e. The number of hydrogen-bond donors (Lipinski definition) is 3. The molecule has 0 fully saturated rings. The Bertz CT molecular complexity index is 334. The van der Waals surface area contributed by atoms with Crippen LogP contribution in [0.1, 0.15) is 58.8 Å². The van der Waals surface area contributed by atoms with Gasteiger partial charge in [0.15, 0.2) is 0 Å². The highest BCUT2D eigenvalue weighted by Gasteiger charge is 2.29. The second kappa shape index (κ2) is 11.3. The molecule has 6 nitrogen and oxygen atoms in total. The highest BCUT2D eigenvalue weighted by molar-refractivity contribution is 5.92. The van der Waals surface area contributed by atoms with Gasteiger partial charge in [-0.1, -0.05) is 39.2 Å². The molecule has 0 radical (unpaired) electrons. The lowest BCUT2D eigenvalue weighted by molar-refractivity contribution is -0.131. The number of aliphatic hydroxyl groups is 1. The molecule has 122 valence electrons. The third-order valence-electron chi connectivity index (χ3n) is 3.15. The third kappa shape index (κ3) is 7.82. The van der Waals surface area contributed by atoms with E-state index in [0.717, 1.165) is 30.6 Å². The fraction of sp³-hybridized carbons (Fsp3) is 0.733. The van der Waals surface area contributed by atoms with E-state index in [1.807, 2.05) is 13.8 Å². The van der Waals surface area contributed by atoms with Gasteiger partial charge in [-0.05, 0) is 19.3 Å². The van der Waals surface area contributed by atoms with E-state index in [-0.39, 0.29) is 6.42 Å². The van der Waals surface area contributed by atoms with Crippen molar-refractivity contribution in [3.8, 4) is 0 Å². The van der Waals surface area contributed by atoms with E-state index in [9.17, 15) is 19.8 Å². The fourth-order valence-electron chi connectivity index (χ4n) is 2.02. The van der Waals surface area contributed by atoms with Crippen LogP contribution in [-0.2, 0) is 4.79 Å². The molecule has 21 heavy (non-hydrogen) atoms. The average Bonchev–Trinajstić information content (AvgIpc) is 2.42. The lowest BCUT2D eigenvalue weighted by atomic mass is 10.1. The van der Waals surface area contributed by atoms with Gasteiger partial charge < -0.3 is 10.2 Å². The van der Waals surface area contributed by atoms with Crippen molar-refractivity contribution >= 4 is 12.0 Å². The minimum absolute atomic E-state index is 0.0400. The molecule has 0 aromatic rings. The molecule has 0 rings (SSSR count). The van der Waals surface area contributed by atoms with E-state index in [4.69, 9.17) is 0 Å². The maximum atomic E-state index is 11.9. The Morgan fingerprint density at radius 3 is 2.29 bits per heavy atom. The van der Waals surface area contributed by atoms with Gasteiger partial charge in [0.2, 0.25) is 5.91 Å². The van der Waals surface area contributed by atoms with Gasteiger partial charge in [-0.3, -0.25) is 10.1 Å². The molecule has 2 atom stereocenters. The third-order valence-corrected chi connectivity index (χ3v) is 3.15. The first-order valence-corrected chi connectivity index (χ1v) is 7.57. The summed E-state index contributed by atoms with van der Waals surface area (Å²) in [6.07, 6.45) is 2.95. The van der Waals surface area contributed by atoms with Crippen LogP contribution in [0.3, 0.4) is 0 Å². The van der Waals surface area contributed by atoms with Crippen LogP contribution in [0.2, 0.25) is 0 Å². The Morgan fingerprint density at radius 1 is 1.24 bits per heavy atom. The van der Waals surface area contributed by atoms with Gasteiger partial charge in [-0.25, -0.2) is 9.69 Å². The fourth-order valence-corrected chi connectivity index (χ4v) is 2.02. The summed E-state index contributed by atoms with van der Waals surface area (Å²) in [4.78, 5) is 24.1. The van der Waals surface area contributed by atoms with E-state index in [2.05, 4.69) is 11.9 Å². The second-order valence-corrected chi connectivity index (χ2v) is 5.02. The number of carboxylic acid groups (broad SMARTS) is 1. The van der Waals surface area contributed by atoms with Crippen LogP contribution >= 0.6 is 0 Å². The summed E-state index contributed by atoms with van der Waals surface area (Å²) in [6, 6.07) is 0. The molecule has 3 N–H and O–H groups in total. The van der Waals surface area contributed by atoms with Gasteiger partial charge in [-0.15, -0.1) is 6.58 Å². The van der Waals surface area contributed by atoms with Crippen molar-refractivity contribution in [2.24, 2.45) is 0 Å². The molecule has 0 bridgehead atoms. The van der Waals surface area contributed by atoms with E-state index < -0.39 is 24.4 Å². The van der Waals surface area contributed by atoms with E-state index in [1.54, 1.807) is 0 Å². The number of hydrogen-bond acceptors (Lipinski definition) is 4. The standard InChI is InChI=1S/C15H28N2O4/c1-4-7-10-12(16-13(18)11-8-5-2)17(15(20)21)14(19)9-6-3/h6,12-13,16,18H,3-5,7-11H2,1-2H3,(H,20,21). The number of unbranched alkanes of at least 4 members (excludes halogenated alkanes) is 2. The summed E-state index contributed by atoms with van der Waals surface area (Å²) in [5.74, 6) is -0.534. The number of amides is 2. The Balaban J connectivity index is 4.90. The van der Waals surface area contributed by atoms with E-state index in [0.29, 0.717) is 12.8 Å². The van der Waals surface area contributed by atoms with Crippen molar-refractivity contribution in [2.45, 2.75) is 71.2 Å². The van der Waals surface area contributed by atoms with Crippen LogP contribution in [0.15, 0.2) is 12.7 Å². The predicted molar refractivity (Wildman–Crippen MR) is 81.7 cm³/mol. The molecular formula is C15H28N2O4. The van der Waals surface area contributed by atoms with Crippen molar-refractivity contribution in [3.05, 3.63) is 12.7 Å². The zero-order valence-electron chi connectivity index (χ0n) is 13.0. The molecule has 0 saturated heterocycles. The van der Waals surface area contributed by atoms with Gasteiger partial charge in [0.1, 0.15) is 6.23 Å². The van der Waals surface area contributed by atoms with Crippen molar-refractivity contribution in [1.82, 2.24) is 10.2 Å². The maximum Gasteiger partial charge on any atom is 0.415 e. The zero-order valence-corrected chi connectivity index (χ0v) is 13.0. The number of carbonyl (C=O) groups is 2. The minimum Gasteiger partial charge on any atom is -0.465 e. The quantitative estimate of drug-likeness (QED) is 0.403. The minimum atomic E-state index is -1.31. The van der Waals surface area contributed by atoms with Gasteiger partial charge in [-0.2, -0.15) is 0 Å². The highest BCUT2D eigenvalue weighted by Crippen LogP contribution is 2.11. The first-order chi connectivity index (χ1) is 9.97. The van der Waals surface area contributed by atoms with Crippen molar-refractivity contribution in [3.63, 3.8) is 0 Å². The second-order valence-electron chi connectivity index (χ2n) is 5.02. The summed E-state index contributed by atoms with van der Waals surface area (Å²) < 4.78 is 0. The summed E-state index contributed by atoms with van der Waals surface area (Å²) in [6.45, 7) is 7.45. The molecule has 0 heterocycles. The normalized spacial score (nSPS) is 13.5. The lowest BCUT2D eigenvalue weighted by Crippen LogP contribution is -2.54. The summed E-state index contributed by atoms with van der Waals surface area (Å²) in [5.41, 5.74) is 0. The molecule has 6 heteroatoms. The predicted octanol–water partition coefficient (Wildman–Crippen LogP) is 2.68. The Labute approximate surface area is 126 Å². The number of nitrogens with one attached hydrogen (secondary N) is 1. The molecule has 0 saturated carbocycles. The van der Waals surface area contributed by atoms with Crippen molar-refractivity contribution in [1.29, 1.82) is 0 Å². The van der Waals surface area contributed by atoms with E-state index in [1.165, 1.54) is 6.08 Å². The molecule has 2 unspecified atom stereocenters. The monoisotopic (exact) mass is 300 g/mol. The lowest BCUT2D eigenvalue weighted by Gasteiger charge is -2.30. The average molecular weight is 300 g/mol. The zero-order chi connectivity index (χ0) is 16.3. The Kier molecular flexibility index (Phi) is 10.5. The SMILES string of the molecule is C=CCC(=O)N(C(=O)O)C(CCCC)NC(O)CCCC. The van der Waals surface area contributed by atoms with E-state index >= 15 is 0 Å². The first kappa shape index (κ1) is 19.6. The molecule has 0 aromatic heterocycles. The molecule has 0 aliphatic heterocycles. The van der Waals surface area contributed by atoms with Gasteiger partial charge in [0.25, 0.3) is 0 Å². The summed E-state index contributed by atoms with van der Waals surface area (Å²) in [5, 5.41) is 22.1. The number of nitrogens with zero attached hydrogens (tertiary/aromatic N) is 1. The topological polar surface area (TPSA) is 89.9 Å². The van der Waals surface area contributed by atoms with Crippen LogP contribution in [0.5, 0.6) is 0 Å². The van der Waals surface area contributed by atoms with Gasteiger partial charge in [0, 0.05) is 6.42 Å². The summed E-state index contributed by atoms with van der Waals surface area (Å²) in [7, 11) is 0. The van der Waals surface area contributed by atoms with Crippen molar-refractivity contribution in [2.75, 3.05) is 0 Å². The Morgan fingerprint density at radius 2 is 1.81 bits per heavy atom. The Hall–Kier alpha value is -1.40. The number of rotatable bonds is 11. The number of carbonyl (C=O) groups excluding carboxylic acids is 1. The molecular weight excluding hydrogens is 272 g/mol. The molecule has 0 aromatic carbocycles. The first-order valence-electron chi connectivity index (χ1n) is 7.57. The van der Waals surface area contributed by atoms with Gasteiger partial charge in [0.05, 0.1) is 6.17 Å². The van der Waals surface area contributed by atoms with Crippen LogP contribution < -0.4 is 5.32 Å². The summed E-state index contributed by atoms with van der Waals surface area (Å²) >= 11 is 0. The van der Waals surface area contributed by atoms with Crippen LogP contribution in [-0.4, -0.2) is 39.5 Å². The molecule has 0 spiro atoms. The van der Waals surface area contributed by atoms with Gasteiger partial charge >= 0.3 is 6.09 Å². The molecule has 2 amide bonds. The van der Waals surface area contributed by atoms with Crippen molar-refractivity contribution < 1.29 is 19.8 Å². The van der Waals surface area contributed by atoms with Crippen LogP contribution in [0, 0.1) is 0 Å². The number of aliphatic hydroxyl groups excluding tert-OH is 1. The molecule has 0 aliphatic carbocycles. The maximum absolute atomic E-state index is 11.9. The van der Waals surface area contributed by atoms with Crippen LogP contribution in [0.25, 0.3) is 0 Å². The highest BCUT2D eigenvalue weighted by atomic mass is 16.4. The van der Waals surface area contributed by atoms with Crippen LogP contribution in [0.4, 0.5) is 4.79 Å². The molecule has 0 aliphatic rings. The smallest absolute Gasteiger partial charge is 0.415 e.